The van der Waals surface area contributed by atoms with Gasteiger partial charge in [-0.25, -0.2) is 0 Å². The summed E-state index contributed by atoms with van der Waals surface area (Å²) >= 11 is 4.76. The Bertz CT molecular complexity index is 73.1. The minimum absolute atomic E-state index is 0.694. The van der Waals surface area contributed by atoms with Gasteiger partial charge in [0.05, 0.1) is 6.07 Å². The molecule has 0 rings (SSSR count). The smallest absolute Gasteiger partial charge is 0.0621 e. The van der Waals surface area contributed by atoms with Crippen molar-refractivity contribution in [3.05, 3.63) is 12.1 Å². The molecule has 0 heterocycles. The van der Waals surface area contributed by atoms with Crippen LogP contribution in [0.2, 0.25) is 0 Å². The van der Waals surface area contributed by atoms with Gasteiger partial charge in [-0.1, -0.05) is 25.1 Å². The van der Waals surface area contributed by atoms with Crippen LogP contribution in [-0.2, 0) is 0 Å². The zero-order valence-corrected chi connectivity index (χ0v) is 5.78. The third-order valence-corrected chi connectivity index (χ3v) is 0.362. The molecule has 0 aliphatic carbocycles. The number of halogens is 1. The zero-order valence-electron chi connectivity index (χ0n) is 5.02. The van der Waals surface area contributed by atoms with Crippen molar-refractivity contribution in [3.63, 3.8) is 0 Å². The molecule has 2 heteroatoms. The van der Waals surface area contributed by atoms with Crippen LogP contribution >= 0.6 is 11.6 Å². The van der Waals surface area contributed by atoms with Crippen LogP contribution in [0.3, 0.4) is 0 Å². The van der Waals surface area contributed by atoms with Crippen LogP contribution < -0.4 is 0 Å². The first-order valence-electron chi connectivity index (χ1n) is 2.41. The molecule has 1 nitrogen and oxygen atoms in total. The Balaban J connectivity index is 0. The molecule has 0 aliphatic rings. The van der Waals surface area contributed by atoms with Gasteiger partial charge in [-0.05, 0) is 12.0 Å². The standard InChI is InChI=1S/C4H7N.C2H3Cl/c1-2-3-4-5;1-2-3/h2-3H2,1H3;2H,1H2. The molecule has 0 aromatic heterocycles. The molecule has 0 aromatic rings. The fourth-order valence-corrected chi connectivity index (χ4v) is 0.112. The molecule has 0 N–H and O–H groups in total. The average Bonchev–Trinajstić information content (AvgIpc) is 1.71. The molecule has 0 amide bonds. The van der Waals surface area contributed by atoms with E-state index < -0.39 is 0 Å². The Morgan fingerprint density at radius 1 is 1.88 bits per heavy atom. The number of nitrogens with zero attached hydrogens (tertiary/aromatic N) is 1. The van der Waals surface area contributed by atoms with E-state index >= 15 is 0 Å². The van der Waals surface area contributed by atoms with Crippen LogP contribution in [0.4, 0.5) is 0 Å². The molecule has 0 saturated heterocycles. The largest absolute Gasteiger partial charge is 0.198 e. The van der Waals surface area contributed by atoms with Gasteiger partial charge < -0.3 is 0 Å². The molecule has 8 heavy (non-hydrogen) atoms. The average molecular weight is 132 g/mol. The van der Waals surface area contributed by atoms with Gasteiger partial charge in [0.2, 0.25) is 0 Å². The van der Waals surface area contributed by atoms with Gasteiger partial charge in [0.1, 0.15) is 0 Å². The minimum atomic E-state index is 0.694. The monoisotopic (exact) mass is 131 g/mol. The topological polar surface area (TPSA) is 23.8 Å². The lowest BCUT2D eigenvalue weighted by Crippen LogP contribution is -1.53. The van der Waals surface area contributed by atoms with Crippen molar-refractivity contribution < 1.29 is 0 Å². The minimum Gasteiger partial charge on any atom is -0.198 e. The van der Waals surface area contributed by atoms with Crippen molar-refractivity contribution in [2.24, 2.45) is 0 Å². The quantitative estimate of drug-likeness (QED) is 0.537. The number of unbranched alkanes of at least 4 members (excludes halogenated alkanes) is 1. The van der Waals surface area contributed by atoms with Crippen LogP contribution in [-0.4, -0.2) is 0 Å². The van der Waals surface area contributed by atoms with Crippen LogP contribution in [0.5, 0.6) is 0 Å². The van der Waals surface area contributed by atoms with Gasteiger partial charge in [0, 0.05) is 6.42 Å². The maximum Gasteiger partial charge on any atom is 0.0621 e. The van der Waals surface area contributed by atoms with Gasteiger partial charge in [-0.2, -0.15) is 5.26 Å². The van der Waals surface area contributed by atoms with E-state index in [4.69, 9.17) is 16.9 Å². The van der Waals surface area contributed by atoms with E-state index in [9.17, 15) is 0 Å². The maximum atomic E-state index is 7.82. The molecule has 0 aliphatic heterocycles. The molecule has 0 radical (unpaired) electrons. The first-order chi connectivity index (χ1) is 3.83. The van der Waals surface area contributed by atoms with Gasteiger partial charge in [-0.3, -0.25) is 0 Å². The molecule has 0 bridgehead atoms. The Morgan fingerprint density at radius 2 is 2.25 bits per heavy atom. The summed E-state index contributed by atoms with van der Waals surface area (Å²) in [6.45, 7) is 5.12. The zero-order chi connectivity index (χ0) is 6.83. The highest BCUT2D eigenvalue weighted by atomic mass is 35.5. The van der Waals surface area contributed by atoms with Gasteiger partial charge in [0.25, 0.3) is 0 Å². The first-order valence-corrected chi connectivity index (χ1v) is 2.85. The molecule has 0 saturated carbocycles. The fourth-order valence-electron chi connectivity index (χ4n) is 0.112. The fraction of sp³-hybridized carbons (Fsp3) is 0.500. The predicted octanol–water partition coefficient (Wildman–Crippen LogP) is 2.68. The summed E-state index contributed by atoms with van der Waals surface area (Å²) in [6.07, 6.45) is 1.68. The van der Waals surface area contributed by atoms with Crippen LogP contribution in [0, 0.1) is 11.3 Å². The van der Waals surface area contributed by atoms with Crippen molar-refractivity contribution in [1.82, 2.24) is 0 Å². The Morgan fingerprint density at radius 3 is 2.25 bits per heavy atom. The van der Waals surface area contributed by atoms with E-state index in [0.29, 0.717) is 6.42 Å². The molecule has 0 spiro atoms. The second-order valence-corrected chi connectivity index (χ2v) is 1.37. The summed E-state index contributed by atoms with van der Waals surface area (Å²) in [5, 5.41) is 7.82. The number of rotatable bonds is 1. The maximum absolute atomic E-state index is 7.82. The van der Waals surface area contributed by atoms with E-state index in [0.717, 1.165) is 6.42 Å². The number of hydrogen-bond acceptors (Lipinski definition) is 1. The normalized spacial score (nSPS) is 5.62. The highest BCUT2D eigenvalue weighted by Gasteiger charge is 1.65. The lowest BCUT2D eigenvalue weighted by atomic mass is 10.4. The Kier molecular flexibility index (Phi) is 21.0. The van der Waals surface area contributed by atoms with E-state index in [2.05, 4.69) is 6.58 Å². The van der Waals surface area contributed by atoms with E-state index in [1.54, 1.807) is 0 Å². The molecule has 46 valence electrons. The molecular weight excluding hydrogens is 122 g/mol. The molecule has 0 unspecified atom stereocenters. The summed E-state index contributed by atoms with van der Waals surface area (Å²) in [4.78, 5) is 0. The highest BCUT2D eigenvalue weighted by molar-refractivity contribution is 6.25. The van der Waals surface area contributed by atoms with Crippen molar-refractivity contribution >= 4 is 11.6 Å². The number of nitriles is 1. The summed E-state index contributed by atoms with van der Waals surface area (Å²) in [5.41, 5.74) is 1.22. The van der Waals surface area contributed by atoms with Crippen molar-refractivity contribution in [2.75, 3.05) is 0 Å². The second kappa shape index (κ2) is 16.0. The number of hydrogen-bond donors (Lipinski definition) is 0. The third kappa shape index (κ3) is 48.8. The van der Waals surface area contributed by atoms with Crippen molar-refractivity contribution in [1.29, 1.82) is 5.26 Å². The lowest BCUT2D eigenvalue weighted by molar-refractivity contribution is 0.969. The van der Waals surface area contributed by atoms with Crippen LogP contribution in [0.25, 0.3) is 0 Å². The summed E-state index contributed by atoms with van der Waals surface area (Å²) in [7, 11) is 0. The summed E-state index contributed by atoms with van der Waals surface area (Å²) < 4.78 is 0. The SMILES string of the molecule is C=CCl.CCCC#N. The Hall–Kier alpha value is -0.480. The highest BCUT2D eigenvalue weighted by Crippen LogP contribution is 1.77. The first kappa shape index (κ1) is 10.5. The van der Waals surface area contributed by atoms with Crippen molar-refractivity contribution in [3.8, 4) is 6.07 Å². The van der Waals surface area contributed by atoms with Gasteiger partial charge >= 0.3 is 0 Å². The van der Waals surface area contributed by atoms with Crippen LogP contribution in [0.15, 0.2) is 12.1 Å². The molecule has 0 aromatic carbocycles. The second-order valence-electron chi connectivity index (χ2n) is 1.06. The van der Waals surface area contributed by atoms with E-state index in [1.165, 1.54) is 5.54 Å². The lowest BCUT2D eigenvalue weighted by Gasteiger charge is -1.65. The molecule has 0 fully saturated rings. The Labute approximate surface area is 55.6 Å². The van der Waals surface area contributed by atoms with E-state index in [1.807, 2.05) is 13.0 Å². The summed E-state index contributed by atoms with van der Waals surface area (Å²) in [5.74, 6) is 0. The molecular formula is C6H10ClN. The third-order valence-electron chi connectivity index (χ3n) is 0.362. The van der Waals surface area contributed by atoms with Crippen molar-refractivity contribution in [2.45, 2.75) is 19.8 Å². The predicted molar refractivity (Wildman–Crippen MR) is 36.6 cm³/mol. The van der Waals surface area contributed by atoms with Gasteiger partial charge in [-0.15, -0.1) is 0 Å². The van der Waals surface area contributed by atoms with E-state index in [-0.39, 0.29) is 0 Å². The van der Waals surface area contributed by atoms with Gasteiger partial charge in [0.15, 0.2) is 0 Å². The summed E-state index contributed by atoms with van der Waals surface area (Å²) in [6, 6.07) is 2.02. The van der Waals surface area contributed by atoms with Crippen LogP contribution in [0.1, 0.15) is 19.8 Å². The molecule has 0 atom stereocenters.